The number of para-hydroxylation sites is 1. The molecule has 0 aliphatic carbocycles. The zero-order chi connectivity index (χ0) is 27.4. The zero-order valence-corrected chi connectivity index (χ0v) is 22.4. The summed E-state index contributed by atoms with van der Waals surface area (Å²) in [5.41, 5.74) is 1.89. The fraction of sp³-hybridized carbons (Fsp3) is 0.250. The maximum Gasteiger partial charge on any atom is 0.281 e. The molecular weight excluding hydrogens is 506 g/mol. The predicted molar refractivity (Wildman–Crippen MR) is 143 cm³/mol. The molecule has 2 heterocycles. The summed E-state index contributed by atoms with van der Waals surface area (Å²) in [5, 5.41) is 10.8. The number of pyridine rings is 1. The van der Waals surface area contributed by atoms with Crippen LogP contribution in [0.15, 0.2) is 75.5 Å². The van der Waals surface area contributed by atoms with Crippen molar-refractivity contribution in [1.82, 2.24) is 14.5 Å². The highest BCUT2D eigenvalue weighted by Gasteiger charge is 2.31. The smallest absolute Gasteiger partial charge is 0.281 e. The molecule has 0 radical (unpaired) electrons. The molecule has 1 N–H and O–H groups in total. The minimum atomic E-state index is -4.46. The third-order valence-electron chi connectivity index (χ3n) is 6.24. The Hall–Kier alpha value is -4.18. The summed E-state index contributed by atoms with van der Waals surface area (Å²) in [6, 6.07) is 12.9. The molecule has 0 spiro atoms. The Kier molecular flexibility index (Phi) is 7.82. The van der Waals surface area contributed by atoms with Crippen LogP contribution in [0.3, 0.4) is 0 Å². The molecule has 0 amide bonds. The summed E-state index contributed by atoms with van der Waals surface area (Å²) in [6.07, 6.45) is 5.15. The molecule has 2 aromatic heterocycles. The highest BCUT2D eigenvalue weighted by Crippen LogP contribution is 2.34. The number of nitrogens with zero attached hydrogens (tertiary/aromatic N) is 3. The van der Waals surface area contributed by atoms with Crippen LogP contribution in [0.2, 0.25) is 0 Å². The standard InChI is InChI=1S/C28H29N3O6S/c1-5-6-10-24-30-27(32)26(28(33)31(24)25-22(36-3)8-7-9-23(25)37-4)38(34,35)20-13-11-19(12-14-20)21-15-16-29-17-18(21)2/h7-9,11-17,32H,5-6,10H2,1-4H3. The first-order valence-corrected chi connectivity index (χ1v) is 13.5. The molecule has 0 aliphatic heterocycles. The average Bonchev–Trinajstić information content (AvgIpc) is 2.91. The lowest BCUT2D eigenvalue weighted by Gasteiger charge is -2.19. The van der Waals surface area contributed by atoms with Crippen LogP contribution in [0.1, 0.15) is 31.2 Å². The van der Waals surface area contributed by atoms with Crippen LogP contribution in [-0.2, 0) is 16.3 Å². The minimum absolute atomic E-state index is 0.151. The van der Waals surface area contributed by atoms with Gasteiger partial charge in [-0.05, 0) is 60.4 Å². The number of ether oxygens (including phenoxy) is 2. The second-order valence-electron chi connectivity index (χ2n) is 8.65. The number of hydrogen-bond acceptors (Lipinski definition) is 8. The van der Waals surface area contributed by atoms with Gasteiger partial charge in [0.25, 0.3) is 5.56 Å². The van der Waals surface area contributed by atoms with Gasteiger partial charge in [0, 0.05) is 18.8 Å². The van der Waals surface area contributed by atoms with Gasteiger partial charge < -0.3 is 14.6 Å². The number of unbranched alkanes of at least 4 members (excludes halogenated alkanes) is 1. The summed E-state index contributed by atoms with van der Waals surface area (Å²) in [4.78, 5) is 21.2. The lowest BCUT2D eigenvalue weighted by atomic mass is 10.0. The van der Waals surface area contributed by atoms with Crippen molar-refractivity contribution in [2.24, 2.45) is 0 Å². The summed E-state index contributed by atoms with van der Waals surface area (Å²) in [7, 11) is -1.58. The van der Waals surface area contributed by atoms with Crippen LogP contribution in [-0.4, -0.2) is 42.3 Å². The van der Waals surface area contributed by atoms with Crippen LogP contribution in [0.25, 0.3) is 16.8 Å². The first kappa shape index (κ1) is 26.9. The van der Waals surface area contributed by atoms with Gasteiger partial charge in [-0.3, -0.25) is 14.3 Å². The second-order valence-corrected chi connectivity index (χ2v) is 10.5. The van der Waals surface area contributed by atoms with Gasteiger partial charge >= 0.3 is 0 Å². The number of rotatable bonds is 9. The largest absolute Gasteiger partial charge is 0.494 e. The van der Waals surface area contributed by atoms with E-state index >= 15 is 0 Å². The second kappa shape index (κ2) is 11.1. The van der Waals surface area contributed by atoms with Crippen molar-refractivity contribution < 1.29 is 23.0 Å². The molecule has 10 heteroatoms. The van der Waals surface area contributed by atoms with E-state index in [4.69, 9.17) is 9.47 Å². The van der Waals surface area contributed by atoms with E-state index in [1.54, 1.807) is 42.7 Å². The Balaban J connectivity index is 1.93. The highest BCUT2D eigenvalue weighted by atomic mass is 32.2. The topological polar surface area (TPSA) is 121 Å². The fourth-order valence-electron chi connectivity index (χ4n) is 4.29. The third kappa shape index (κ3) is 4.87. The van der Waals surface area contributed by atoms with Gasteiger partial charge in [-0.1, -0.05) is 31.5 Å². The van der Waals surface area contributed by atoms with Gasteiger partial charge in [0.2, 0.25) is 15.7 Å². The minimum Gasteiger partial charge on any atom is -0.494 e. The molecule has 0 unspecified atom stereocenters. The molecule has 0 aliphatic rings. The number of aromatic hydroxyl groups is 1. The van der Waals surface area contributed by atoms with E-state index in [0.717, 1.165) is 27.7 Å². The zero-order valence-electron chi connectivity index (χ0n) is 21.6. The van der Waals surface area contributed by atoms with Crippen molar-refractivity contribution in [3.8, 4) is 34.2 Å². The Labute approximate surface area is 221 Å². The molecule has 4 aromatic rings. The lowest BCUT2D eigenvalue weighted by Crippen LogP contribution is -2.29. The number of benzene rings is 2. The number of hydrogen-bond donors (Lipinski definition) is 1. The first-order chi connectivity index (χ1) is 18.2. The molecule has 38 heavy (non-hydrogen) atoms. The van der Waals surface area contributed by atoms with Gasteiger partial charge in [-0.25, -0.2) is 8.42 Å². The molecule has 4 rings (SSSR count). The van der Waals surface area contributed by atoms with E-state index in [1.807, 2.05) is 19.9 Å². The van der Waals surface area contributed by atoms with Gasteiger partial charge in [-0.15, -0.1) is 0 Å². The van der Waals surface area contributed by atoms with E-state index in [9.17, 15) is 18.3 Å². The molecule has 0 bridgehead atoms. The van der Waals surface area contributed by atoms with Crippen molar-refractivity contribution in [3.63, 3.8) is 0 Å². The Bertz CT molecular complexity index is 1610. The molecule has 0 atom stereocenters. The van der Waals surface area contributed by atoms with Gasteiger partial charge in [0.1, 0.15) is 23.0 Å². The van der Waals surface area contributed by atoms with E-state index in [2.05, 4.69) is 9.97 Å². The van der Waals surface area contributed by atoms with Gasteiger partial charge in [0.05, 0.1) is 19.1 Å². The molecule has 198 valence electrons. The summed E-state index contributed by atoms with van der Waals surface area (Å²) in [5.74, 6) is -0.0749. The van der Waals surface area contributed by atoms with Crippen molar-refractivity contribution >= 4 is 9.84 Å². The number of methoxy groups -OCH3 is 2. The molecular formula is C28H29N3O6S. The summed E-state index contributed by atoms with van der Waals surface area (Å²) < 4.78 is 39.6. The van der Waals surface area contributed by atoms with E-state index < -0.39 is 26.2 Å². The molecule has 9 nitrogen and oxygen atoms in total. The normalized spacial score (nSPS) is 11.4. The van der Waals surface area contributed by atoms with Crippen LogP contribution in [0.5, 0.6) is 17.4 Å². The van der Waals surface area contributed by atoms with Crippen molar-refractivity contribution in [2.75, 3.05) is 14.2 Å². The van der Waals surface area contributed by atoms with Crippen LogP contribution < -0.4 is 15.0 Å². The van der Waals surface area contributed by atoms with Gasteiger partial charge in [0.15, 0.2) is 4.90 Å². The Morgan fingerprint density at radius 3 is 2.24 bits per heavy atom. The van der Waals surface area contributed by atoms with Crippen molar-refractivity contribution in [2.45, 2.75) is 42.9 Å². The highest BCUT2D eigenvalue weighted by molar-refractivity contribution is 7.91. The van der Waals surface area contributed by atoms with Crippen molar-refractivity contribution in [1.29, 1.82) is 0 Å². The first-order valence-electron chi connectivity index (χ1n) is 12.1. The molecule has 0 saturated heterocycles. The fourth-order valence-corrected chi connectivity index (χ4v) is 5.62. The maximum absolute atomic E-state index is 13.9. The third-order valence-corrected chi connectivity index (χ3v) is 8.02. The Morgan fingerprint density at radius 2 is 1.66 bits per heavy atom. The Morgan fingerprint density at radius 1 is 1.00 bits per heavy atom. The number of sulfone groups is 1. The van der Waals surface area contributed by atoms with Crippen LogP contribution in [0.4, 0.5) is 0 Å². The van der Waals surface area contributed by atoms with Gasteiger partial charge in [-0.2, -0.15) is 4.98 Å². The number of aromatic nitrogens is 3. The quantitative estimate of drug-likeness (QED) is 0.333. The van der Waals surface area contributed by atoms with Crippen LogP contribution in [0, 0.1) is 6.92 Å². The molecule has 0 saturated carbocycles. The average molecular weight is 536 g/mol. The lowest BCUT2D eigenvalue weighted by molar-refractivity contribution is 0.386. The summed E-state index contributed by atoms with van der Waals surface area (Å²) >= 11 is 0. The van der Waals surface area contributed by atoms with Crippen molar-refractivity contribution in [3.05, 3.63) is 82.7 Å². The van der Waals surface area contributed by atoms with E-state index in [-0.39, 0.29) is 27.9 Å². The van der Waals surface area contributed by atoms with Crippen LogP contribution >= 0.6 is 0 Å². The molecule has 0 fully saturated rings. The SMILES string of the molecule is CCCCc1nc(O)c(S(=O)(=O)c2ccc(-c3ccncc3C)cc2)c(=O)n1-c1c(OC)cccc1OC. The maximum atomic E-state index is 13.9. The number of aryl methyl sites for hydroxylation is 2. The monoisotopic (exact) mass is 535 g/mol. The molecule has 2 aromatic carbocycles. The van der Waals surface area contributed by atoms with E-state index in [0.29, 0.717) is 12.8 Å². The van der Waals surface area contributed by atoms with E-state index in [1.165, 1.54) is 26.4 Å². The summed E-state index contributed by atoms with van der Waals surface area (Å²) in [6.45, 7) is 3.88. The predicted octanol–water partition coefficient (Wildman–Crippen LogP) is 4.50.